The molecule has 0 bridgehead atoms. The maximum absolute atomic E-state index is 13.7. The van der Waals surface area contributed by atoms with Crippen LogP contribution in [-0.4, -0.2) is 25.6 Å². The van der Waals surface area contributed by atoms with Crippen LogP contribution >= 0.6 is 0 Å². The summed E-state index contributed by atoms with van der Waals surface area (Å²) < 4.78 is 55.1. The Bertz CT molecular complexity index is 950. The monoisotopic (exact) mass is 413 g/mol. The highest BCUT2D eigenvalue weighted by atomic mass is 19.1. The van der Waals surface area contributed by atoms with E-state index in [0.29, 0.717) is 24.8 Å². The lowest BCUT2D eigenvalue weighted by Crippen LogP contribution is -2.30. The van der Waals surface area contributed by atoms with Crippen molar-refractivity contribution >= 4 is 11.9 Å². The number of benzene rings is 1. The molecule has 0 unspecified atom stereocenters. The van der Waals surface area contributed by atoms with Gasteiger partial charge in [-0.05, 0) is 6.42 Å². The molecule has 1 heterocycles. The van der Waals surface area contributed by atoms with Crippen LogP contribution in [0.2, 0.25) is 0 Å². The average molecular weight is 413 g/mol. The van der Waals surface area contributed by atoms with Crippen LogP contribution in [0.25, 0.3) is 0 Å². The van der Waals surface area contributed by atoms with Crippen LogP contribution in [0.4, 0.5) is 13.2 Å². The van der Waals surface area contributed by atoms with E-state index in [-0.39, 0.29) is 6.61 Å². The second-order valence-corrected chi connectivity index (χ2v) is 5.86. The number of methoxy groups -OCH3 is 1. The van der Waals surface area contributed by atoms with E-state index in [0.717, 1.165) is 13.5 Å². The summed E-state index contributed by atoms with van der Waals surface area (Å²) >= 11 is 0. The first-order valence-corrected chi connectivity index (χ1v) is 8.58. The van der Waals surface area contributed by atoms with Crippen molar-refractivity contribution in [3.05, 3.63) is 63.0 Å². The zero-order valence-electron chi connectivity index (χ0n) is 15.6. The first kappa shape index (κ1) is 22.0. The normalized spacial score (nSPS) is 10.5. The van der Waals surface area contributed by atoms with Gasteiger partial charge in [0.1, 0.15) is 29.3 Å². The predicted octanol–water partition coefficient (Wildman–Crippen LogP) is 2.95. The van der Waals surface area contributed by atoms with Crippen LogP contribution in [0.15, 0.2) is 27.6 Å². The fourth-order valence-corrected chi connectivity index (χ4v) is 2.29. The molecule has 2 rings (SSSR count). The molecule has 10 heteroatoms. The van der Waals surface area contributed by atoms with Crippen molar-refractivity contribution in [2.45, 2.75) is 26.3 Å². The quantitative estimate of drug-likeness (QED) is 0.528. The number of rotatable bonds is 8. The zero-order valence-corrected chi connectivity index (χ0v) is 15.6. The van der Waals surface area contributed by atoms with E-state index >= 15 is 0 Å². The molecule has 29 heavy (non-hydrogen) atoms. The summed E-state index contributed by atoms with van der Waals surface area (Å²) in [6, 6.07) is 0.924. The maximum atomic E-state index is 13.7. The van der Waals surface area contributed by atoms with Gasteiger partial charge >= 0.3 is 5.97 Å². The summed E-state index contributed by atoms with van der Waals surface area (Å²) in [5.74, 6) is -6.52. The van der Waals surface area contributed by atoms with Crippen molar-refractivity contribution in [1.82, 2.24) is 5.32 Å². The number of nitrogens with one attached hydrogen (secondary N) is 1. The van der Waals surface area contributed by atoms with E-state index in [9.17, 15) is 27.6 Å². The lowest BCUT2D eigenvalue weighted by atomic mass is 10.1. The number of halogens is 3. The third-order valence-corrected chi connectivity index (χ3v) is 3.84. The van der Waals surface area contributed by atoms with Gasteiger partial charge in [0.2, 0.25) is 11.2 Å². The van der Waals surface area contributed by atoms with E-state index in [1.165, 1.54) is 0 Å². The van der Waals surface area contributed by atoms with Crippen molar-refractivity contribution < 1.29 is 36.7 Å². The first-order chi connectivity index (χ1) is 13.8. The molecule has 0 aliphatic carbocycles. The minimum Gasteiger partial charge on any atom is -0.486 e. The molecular weight excluding hydrogens is 395 g/mol. The summed E-state index contributed by atoms with van der Waals surface area (Å²) in [6.07, 6.45) is 2.03. The maximum Gasteiger partial charge on any atom is 0.378 e. The van der Waals surface area contributed by atoms with Crippen molar-refractivity contribution in [2.24, 2.45) is 0 Å². The Balaban J connectivity index is 2.29. The van der Waals surface area contributed by atoms with Crippen LogP contribution in [-0.2, 0) is 11.3 Å². The van der Waals surface area contributed by atoms with Gasteiger partial charge in [0.15, 0.2) is 0 Å². The summed E-state index contributed by atoms with van der Waals surface area (Å²) in [7, 11) is 1.07. The van der Waals surface area contributed by atoms with Crippen LogP contribution in [0.1, 0.15) is 46.2 Å². The molecule has 0 aliphatic heterocycles. The third kappa shape index (κ3) is 5.15. The molecule has 0 atom stereocenters. The smallest absolute Gasteiger partial charge is 0.378 e. The molecule has 0 saturated carbocycles. The van der Waals surface area contributed by atoms with E-state index in [2.05, 4.69) is 10.1 Å². The number of esters is 1. The van der Waals surface area contributed by atoms with Crippen molar-refractivity contribution in [2.75, 3.05) is 13.7 Å². The fraction of sp³-hybridized carbons (Fsp3) is 0.316. The van der Waals surface area contributed by atoms with Gasteiger partial charge in [-0.25, -0.2) is 18.0 Å². The molecule has 2 aromatic rings. The standard InChI is InChI=1S/C19H18F3NO6/c1-3-4-5-28-16-15(24)12(9-29-17(16)19(26)27-2)18(25)23-8-11-13(21)6-10(20)7-14(11)22/h6-7,9H,3-5,8H2,1-2H3,(H,23,25). The lowest BCUT2D eigenvalue weighted by Gasteiger charge is -2.11. The van der Waals surface area contributed by atoms with Gasteiger partial charge in [-0.1, -0.05) is 13.3 Å². The van der Waals surface area contributed by atoms with E-state index in [4.69, 9.17) is 9.15 Å². The lowest BCUT2D eigenvalue weighted by molar-refractivity contribution is 0.0552. The third-order valence-electron chi connectivity index (χ3n) is 3.84. The second kappa shape index (κ2) is 9.76. The van der Waals surface area contributed by atoms with Crippen molar-refractivity contribution in [1.29, 1.82) is 0 Å². The molecule has 1 aromatic carbocycles. The fourth-order valence-electron chi connectivity index (χ4n) is 2.29. The number of hydrogen-bond acceptors (Lipinski definition) is 6. The Kier molecular flexibility index (Phi) is 7.40. The van der Waals surface area contributed by atoms with Gasteiger partial charge < -0.3 is 19.2 Å². The molecule has 0 saturated heterocycles. The summed E-state index contributed by atoms with van der Waals surface area (Å²) in [6.45, 7) is 1.31. The number of unbranched alkanes of at least 4 members (excludes halogenated alkanes) is 1. The van der Waals surface area contributed by atoms with Crippen LogP contribution in [0.5, 0.6) is 5.75 Å². The minimum absolute atomic E-state index is 0.0856. The molecule has 7 nitrogen and oxygen atoms in total. The van der Waals surface area contributed by atoms with Gasteiger partial charge in [0.25, 0.3) is 11.7 Å². The minimum atomic E-state index is -1.19. The van der Waals surface area contributed by atoms with Gasteiger partial charge in [0.05, 0.1) is 13.7 Å². The Hall–Kier alpha value is -3.30. The van der Waals surface area contributed by atoms with E-state index in [1.807, 2.05) is 6.92 Å². The molecule has 0 spiro atoms. The zero-order chi connectivity index (χ0) is 21.6. The summed E-state index contributed by atoms with van der Waals surface area (Å²) in [5.41, 5.74) is -2.09. The van der Waals surface area contributed by atoms with Crippen LogP contribution in [0.3, 0.4) is 0 Å². The van der Waals surface area contributed by atoms with E-state index in [1.54, 1.807) is 0 Å². The highest BCUT2D eigenvalue weighted by Gasteiger charge is 2.25. The molecule has 0 fully saturated rings. The molecule has 1 amide bonds. The molecule has 1 N–H and O–H groups in total. The van der Waals surface area contributed by atoms with Crippen molar-refractivity contribution in [3.8, 4) is 5.75 Å². The molecule has 1 aromatic heterocycles. The Morgan fingerprint density at radius 3 is 2.41 bits per heavy atom. The molecular formula is C19H18F3NO6. The van der Waals surface area contributed by atoms with Gasteiger partial charge in [-0.3, -0.25) is 9.59 Å². The first-order valence-electron chi connectivity index (χ1n) is 8.58. The van der Waals surface area contributed by atoms with E-state index < -0.39 is 63.9 Å². The topological polar surface area (TPSA) is 94.8 Å². The van der Waals surface area contributed by atoms with Crippen LogP contribution < -0.4 is 15.5 Å². The predicted molar refractivity (Wildman–Crippen MR) is 94.2 cm³/mol. The highest BCUT2D eigenvalue weighted by molar-refractivity contribution is 5.95. The number of ether oxygens (including phenoxy) is 2. The number of carbonyl (C=O) groups excluding carboxylic acids is 2. The molecule has 0 radical (unpaired) electrons. The average Bonchev–Trinajstić information content (AvgIpc) is 2.67. The van der Waals surface area contributed by atoms with Gasteiger partial charge in [-0.2, -0.15) is 0 Å². The molecule has 0 aliphatic rings. The molecule has 156 valence electrons. The second-order valence-electron chi connectivity index (χ2n) is 5.86. The number of hydrogen-bond donors (Lipinski definition) is 1. The largest absolute Gasteiger partial charge is 0.486 e. The van der Waals surface area contributed by atoms with Crippen LogP contribution in [0, 0.1) is 17.5 Å². The summed E-state index contributed by atoms with van der Waals surface area (Å²) in [5, 5.41) is 2.14. The van der Waals surface area contributed by atoms with Crippen molar-refractivity contribution in [3.63, 3.8) is 0 Å². The SMILES string of the molecule is CCCCOc1c(C(=O)OC)occ(C(=O)NCc2c(F)cc(F)cc2F)c1=O. The number of carbonyl (C=O) groups is 2. The van der Waals surface area contributed by atoms with Gasteiger partial charge in [0, 0.05) is 24.2 Å². The van der Waals surface area contributed by atoms with Gasteiger partial charge in [-0.15, -0.1) is 0 Å². The number of amides is 1. The highest BCUT2D eigenvalue weighted by Crippen LogP contribution is 2.18. The Labute approximate surface area is 163 Å². The Morgan fingerprint density at radius 2 is 1.83 bits per heavy atom. The summed E-state index contributed by atoms with van der Waals surface area (Å²) in [4.78, 5) is 36.6. The Morgan fingerprint density at radius 1 is 1.17 bits per heavy atom.